The summed E-state index contributed by atoms with van der Waals surface area (Å²) in [5.41, 5.74) is 1.78. The Balaban J connectivity index is 1.65. The largest absolute Gasteiger partial charge is 0.366 e. The topological polar surface area (TPSA) is 66.9 Å². The molecular weight excluding hydrogens is 331 g/mol. The second kappa shape index (κ2) is 8.20. The molecule has 0 saturated carbocycles. The smallest absolute Gasteiger partial charge is 0.270 e. The number of amides is 1. The van der Waals surface area contributed by atoms with Crippen molar-refractivity contribution in [3.63, 3.8) is 0 Å². The predicted octanol–water partition coefficient (Wildman–Crippen LogP) is 3.72. The van der Waals surface area contributed by atoms with E-state index in [2.05, 4.69) is 20.6 Å². The SMILES string of the molecule is CC(NC(=O)c1cc(NCc2ccccc2F)ncn1)c1ccccc1. The van der Waals surface area contributed by atoms with E-state index in [1.165, 1.54) is 12.4 Å². The van der Waals surface area contributed by atoms with Crippen molar-refractivity contribution in [1.82, 2.24) is 15.3 Å². The van der Waals surface area contributed by atoms with Crippen LogP contribution in [0.5, 0.6) is 0 Å². The predicted molar refractivity (Wildman–Crippen MR) is 98.1 cm³/mol. The Morgan fingerprint density at radius 1 is 1.08 bits per heavy atom. The third-order valence-corrected chi connectivity index (χ3v) is 3.96. The number of halogens is 1. The van der Waals surface area contributed by atoms with Gasteiger partial charge in [0.05, 0.1) is 6.04 Å². The minimum absolute atomic E-state index is 0.145. The summed E-state index contributed by atoms with van der Waals surface area (Å²) in [6.45, 7) is 2.18. The van der Waals surface area contributed by atoms with Crippen LogP contribution in [0, 0.1) is 5.82 Å². The van der Waals surface area contributed by atoms with Crippen LogP contribution >= 0.6 is 0 Å². The Labute approximate surface area is 151 Å². The van der Waals surface area contributed by atoms with Gasteiger partial charge in [-0.1, -0.05) is 48.5 Å². The summed E-state index contributed by atoms with van der Waals surface area (Å²) in [6.07, 6.45) is 1.31. The van der Waals surface area contributed by atoms with Crippen LogP contribution < -0.4 is 10.6 Å². The van der Waals surface area contributed by atoms with E-state index in [1.807, 2.05) is 37.3 Å². The molecule has 1 aromatic heterocycles. The highest BCUT2D eigenvalue weighted by Crippen LogP contribution is 2.13. The zero-order chi connectivity index (χ0) is 18.4. The van der Waals surface area contributed by atoms with Gasteiger partial charge in [-0.2, -0.15) is 0 Å². The second-order valence-electron chi connectivity index (χ2n) is 5.84. The van der Waals surface area contributed by atoms with Crippen molar-refractivity contribution in [2.75, 3.05) is 5.32 Å². The molecule has 0 saturated heterocycles. The monoisotopic (exact) mass is 350 g/mol. The second-order valence-corrected chi connectivity index (χ2v) is 5.84. The molecule has 2 aromatic carbocycles. The van der Waals surface area contributed by atoms with Crippen LogP contribution in [0.4, 0.5) is 10.2 Å². The molecule has 3 rings (SSSR count). The standard InChI is InChI=1S/C20H19FN4O/c1-14(15-7-3-2-4-8-15)25-20(26)18-11-19(24-13-23-18)22-12-16-9-5-6-10-17(16)21/h2-11,13-14H,12H2,1H3,(H,25,26)(H,22,23,24). The molecule has 1 atom stereocenters. The summed E-state index contributed by atoms with van der Waals surface area (Å²) in [5.74, 6) is -0.123. The lowest BCUT2D eigenvalue weighted by Crippen LogP contribution is -2.27. The Kier molecular flexibility index (Phi) is 5.53. The number of nitrogens with zero attached hydrogens (tertiary/aromatic N) is 2. The van der Waals surface area contributed by atoms with E-state index in [0.29, 0.717) is 11.4 Å². The quantitative estimate of drug-likeness (QED) is 0.711. The first-order valence-electron chi connectivity index (χ1n) is 8.28. The average Bonchev–Trinajstić information content (AvgIpc) is 2.68. The molecule has 0 aliphatic carbocycles. The first-order valence-corrected chi connectivity index (χ1v) is 8.28. The van der Waals surface area contributed by atoms with Gasteiger partial charge in [0.1, 0.15) is 23.7 Å². The molecule has 1 amide bonds. The van der Waals surface area contributed by atoms with Gasteiger partial charge >= 0.3 is 0 Å². The maximum Gasteiger partial charge on any atom is 0.270 e. The van der Waals surface area contributed by atoms with Crippen LogP contribution in [-0.4, -0.2) is 15.9 Å². The molecule has 3 aromatic rings. The Morgan fingerprint density at radius 2 is 1.81 bits per heavy atom. The highest BCUT2D eigenvalue weighted by Gasteiger charge is 2.13. The molecule has 0 bridgehead atoms. The number of aromatic nitrogens is 2. The van der Waals surface area contributed by atoms with Crippen molar-refractivity contribution >= 4 is 11.7 Å². The van der Waals surface area contributed by atoms with Crippen LogP contribution in [0.3, 0.4) is 0 Å². The van der Waals surface area contributed by atoms with E-state index >= 15 is 0 Å². The van der Waals surface area contributed by atoms with Gasteiger partial charge in [-0.05, 0) is 18.6 Å². The number of carbonyl (C=O) groups excluding carboxylic acids is 1. The molecule has 132 valence electrons. The first-order chi connectivity index (χ1) is 12.6. The van der Waals surface area contributed by atoms with Crippen molar-refractivity contribution in [3.8, 4) is 0 Å². The number of hydrogen-bond acceptors (Lipinski definition) is 4. The molecule has 1 unspecified atom stereocenters. The molecular formula is C20H19FN4O. The first kappa shape index (κ1) is 17.5. The lowest BCUT2D eigenvalue weighted by Gasteiger charge is -2.14. The van der Waals surface area contributed by atoms with E-state index in [-0.39, 0.29) is 30.0 Å². The molecule has 0 aliphatic heterocycles. The molecule has 0 fully saturated rings. The van der Waals surface area contributed by atoms with Gasteiger partial charge in [-0.3, -0.25) is 4.79 Å². The molecule has 26 heavy (non-hydrogen) atoms. The molecule has 0 spiro atoms. The molecule has 2 N–H and O–H groups in total. The highest BCUT2D eigenvalue weighted by molar-refractivity contribution is 5.93. The van der Waals surface area contributed by atoms with Gasteiger partial charge in [0.25, 0.3) is 5.91 Å². The third-order valence-electron chi connectivity index (χ3n) is 3.96. The molecule has 6 heteroatoms. The summed E-state index contributed by atoms with van der Waals surface area (Å²) in [6, 6.07) is 17.6. The number of benzene rings is 2. The van der Waals surface area contributed by atoms with Crippen LogP contribution in [0.1, 0.15) is 34.6 Å². The fourth-order valence-corrected chi connectivity index (χ4v) is 2.50. The summed E-state index contributed by atoms with van der Waals surface area (Å²) in [4.78, 5) is 20.5. The van der Waals surface area contributed by atoms with E-state index in [0.717, 1.165) is 5.56 Å². The van der Waals surface area contributed by atoms with Crippen molar-refractivity contribution < 1.29 is 9.18 Å². The van der Waals surface area contributed by atoms with Crippen molar-refractivity contribution in [2.24, 2.45) is 0 Å². The van der Waals surface area contributed by atoms with Crippen molar-refractivity contribution in [1.29, 1.82) is 0 Å². The van der Waals surface area contributed by atoms with Crippen LogP contribution in [-0.2, 0) is 6.54 Å². The number of rotatable bonds is 6. The number of nitrogens with one attached hydrogen (secondary N) is 2. The van der Waals surface area contributed by atoms with Gasteiger partial charge in [0, 0.05) is 18.2 Å². The van der Waals surface area contributed by atoms with Crippen molar-refractivity contribution in [2.45, 2.75) is 19.5 Å². The zero-order valence-electron chi connectivity index (χ0n) is 14.3. The molecule has 1 heterocycles. The summed E-state index contributed by atoms with van der Waals surface area (Å²) < 4.78 is 13.7. The fraction of sp³-hybridized carbons (Fsp3) is 0.150. The minimum Gasteiger partial charge on any atom is -0.366 e. The zero-order valence-corrected chi connectivity index (χ0v) is 14.3. The Bertz CT molecular complexity index is 886. The molecule has 5 nitrogen and oxygen atoms in total. The Morgan fingerprint density at radius 3 is 2.58 bits per heavy atom. The highest BCUT2D eigenvalue weighted by atomic mass is 19.1. The van der Waals surface area contributed by atoms with Crippen LogP contribution in [0.2, 0.25) is 0 Å². The summed E-state index contributed by atoms with van der Waals surface area (Å²) in [7, 11) is 0. The van der Waals surface area contributed by atoms with Gasteiger partial charge in [0.2, 0.25) is 0 Å². The molecule has 0 radical (unpaired) electrons. The summed E-state index contributed by atoms with van der Waals surface area (Å²) >= 11 is 0. The van der Waals surface area contributed by atoms with E-state index in [4.69, 9.17) is 0 Å². The van der Waals surface area contributed by atoms with E-state index < -0.39 is 0 Å². The maximum absolute atomic E-state index is 13.7. The van der Waals surface area contributed by atoms with Crippen molar-refractivity contribution in [3.05, 3.63) is 89.6 Å². The van der Waals surface area contributed by atoms with Gasteiger partial charge < -0.3 is 10.6 Å². The fourth-order valence-electron chi connectivity index (χ4n) is 2.50. The number of anilines is 1. The average molecular weight is 350 g/mol. The summed E-state index contributed by atoms with van der Waals surface area (Å²) in [5, 5.41) is 5.92. The van der Waals surface area contributed by atoms with Crippen LogP contribution in [0.25, 0.3) is 0 Å². The van der Waals surface area contributed by atoms with Gasteiger partial charge in [0.15, 0.2) is 0 Å². The normalized spacial score (nSPS) is 11.6. The third kappa shape index (κ3) is 4.42. The lowest BCUT2D eigenvalue weighted by molar-refractivity contribution is 0.0934. The Hall–Kier alpha value is -3.28. The van der Waals surface area contributed by atoms with E-state index in [9.17, 15) is 9.18 Å². The van der Waals surface area contributed by atoms with Gasteiger partial charge in [-0.25, -0.2) is 14.4 Å². The van der Waals surface area contributed by atoms with E-state index in [1.54, 1.807) is 24.3 Å². The maximum atomic E-state index is 13.7. The van der Waals surface area contributed by atoms with Gasteiger partial charge in [-0.15, -0.1) is 0 Å². The number of hydrogen-bond donors (Lipinski definition) is 2. The number of carbonyl (C=O) groups is 1. The lowest BCUT2D eigenvalue weighted by atomic mass is 10.1. The van der Waals surface area contributed by atoms with Crippen LogP contribution in [0.15, 0.2) is 67.0 Å². The molecule has 0 aliphatic rings. The minimum atomic E-state index is -0.294.